The van der Waals surface area contributed by atoms with Crippen molar-refractivity contribution in [1.82, 2.24) is 20.3 Å². The number of nitrogens with one attached hydrogen (secondary N) is 2. The van der Waals surface area contributed by atoms with Crippen molar-refractivity contribution in [2.45, 2.75) is 18.9 Å². The van der Waals surface area contributed by atoms with E-state index in [9.17, 15) is 0 Å². The van der Waals surface area contributed by atoms with Gasteiger partial charge in [0, 0.05) is 24.5 Å². The minimum absolute atomic E-state index is 0.514. The Morgan fingerprint density at radius 3 is 3.09 bits per heavy atom. The Labute approximate surface area is 128 Å². The highest BCUT2D eigenvalue weighted by Crippen LogP contribution is 2.27. The van der Waals surface area contributed by atoms with Crippen molar-refractivity contribution >= 4 is 28.0 Å². The van der Waals surface area contributed by atoms with Gasteiger partial charge in [0.2, 0.25) is 5.95 Å². The molecule has 1 atom stereocenters. The van der Waals surface area contributed by atoms with Crippen LogP contribution >= 0.6 is 0 Å². The highest BCUT2D eigenvalue weighted by Gasteiger charge is 2.19. The molecular formula is C16H19N5O. The quantitative estimate of drug-likeness (QED) is 0.774. The molecule has 1 aliphatic heterocycles. The number of para-hydroxylation sites is 1. The Kier molecular flexibility index (Phi) is 3.40. The number of hydrazine groups is 1. The fourth-order valence-electron chi connectivity index (χ4n) is 3.02. The van der Waals surface area contributed by atoms with E-state index >= 15 is 0 Å². The molecule has 2 aromatic heterocycles. The first-order valence-electron chi connectivity index (χ1n) is 7.66. The molecule has 0 saturated carbocycles. The Bertz CT molecular complexity index is 799. The highest BCUT2D eigenvalue weighted by molar-refractivity contribution is 6.02. The van der Waals surface area contributed by atoms with Gasteiger partial charge in [-0.15, -0.1) is 0 Å². The summed E-state index contributed by atoms with van der Waals surface area (Å²) in [5, 5.41) is 6.53. The molecule has 0 amide bonds. The summed E-state index contributed by atoms with van der Waals surface area (Å²) in [6.07, 6.45) is 4.11. The number of hydrogen-bond donors (Lipinski definition) is 2. The molecule has 1 unspecified atom stereocenters. The van der Waals surface area contributed by atoms with Crippen LogP contribution in [0.4, 0.5) is 5.95 Å². The molecule has 3 aromatic rings. The largest absolute Gasteiger partial charge is 0.453 e. The van der Waals surface area contributed by atoms with Crippen LogP contribution in [0.15, 0.2) is 34.9 Å². The lowest BCUT2D eigenvalue weighted by Crippen LogP contribution is -2.47. The number of fused-ring (bicyclic) bond motifs is 3. The molecule has 3 heterocycles. The van der Waals surface area contributed by atoms with E-state index in [-0.39, 0.29) is 0 Å². The minimum atomic E-state index is 0.514. The van der Waals surface area contributed by atoms with Gasteiger partial charge in [0.25, 0.3) is 0 Å². The molecule has 114 valence electrons. The van der Waals surface area contributed by atoms with Crippen LogP contribution in [0.2, 0.25) is 0 Å². The SMILES string of the molecule is CNC1CCCN(Nc2ncc3oc4ccccc4c3n2)C1. The van der Waals surface area contributed by atoms with Gasteiger partial charge in [0.1, 0.15) is 11.1 Å². The summed E-state index contributed by atoms with van der Waals surface area (Å²) < 4.78 is 5.76. The van der Waals surface area contributed by atoms with Gasteiger partial charge in [-0.2, -0.15) is 0 Å². The summed E-state index contributed by atoms with van der Waals surface area (Å²) in [7, 11) is 2.01. The third-order valence-corrected chi connectivity index (χ3v) is 4.21. The molecule has 1 saturated heterocycles. The third-order valence-electron chi connectivity index (χ3n) is 4.21. The lowest BCUT2D eigenvalue weighted by molar-refractivity contribution is 0.229. The molecule has 1 fully saturated rings. The topological polar surface area (TPSA) is 66.2 Å². The van der Waals surface area contributed by atoms with Crippen molar-refractivity contribution < 1.29 is 4.42 Å². The van der Waals surface area contributed by atoms with E-state index in [2.05, 4.69) is 25.7 Å². The maximum Gasteiger partial charge on any atom is 0.238 e. The second kappa shape index (κ2) is 5.55. The Morgan fingerprint density at radius 1 is 1.27 bits per heavy atom. The molecule has 0 bridgehead atoms. The van der Waals surface area contributed by atoms with Crippen LogP contribution < -0.4 is 10.7 Å². The maximum absolute atomic E-state index is 5.76. The second-order valence-corrected chi connectivity index (χ2v) is 5.69. The van der Waals surface area contributed by atoms with Crippen molar-refractivity contribution in [3.8, 4) is 0 Å². The van der Waals surface area contributed by atoms with E-state index in [4.69, 9.17) is 4.42 Å². The predicted molar refractivity (Wildman–Crippen MR) is 86.6 cm³/mol. The normalized spacial score (nSPS) is 19.8. The van der Waals surface area contributed by atoms with Gasteiger partial charge in [-0.25, -0.2) is 15.0 Å². The van der Waals surface area contributed by atoms with Gasteiger partial charge in [-0.3, -0.25) is 5.43 Å². The zero-order chi connectivity index (χ0) is 14.9. The molecule has 22 heavy (non-hydrogen) atoms. The average Bonchev–Trinajstić information content (AvgIpc) is 2.93. The first-order valence-corrected chi connectivity index (χ1v) is 7.66. The van der Waals surface area contributed by atoms with E-state index in [1.165, 1.54) is 6.42 Å². The van der Waals surface area contributed by atoms with Crippen LogP contribution in [0.1, 0.15) is 12.8 Å². The van der Waals surface area contributed by atoms with Crippen molar-refractivity contribution in [1.29, 1.82) is 0 Å². The molecular weight excluding hydrogens is 278 g/mol. The van der Waals surface area contributed by atoms with Crippen LogP contribution in [0.25, 0.3) is 22.1 Å². The molecule has 6 heteroatoms. The van der Waals surface area contributed by atoms with Crippen molar-refractivity contribution in [3.05, 3.63) is 30.5 Å². The van der Waals surface area contributed by atoms with E-state index in [1.54, 1.807) is 6.20 Å². The van der Waals surface area contributed by atoms with Crippen LogP contribution in [-0.4, -0.2) is 41.2 Å². The average molecular weight is 297 g/mol. The molecule has 0 radical (unpaired) electrons. The molecule has 6 nitrogen and oxygen atoms in total. The lowest BCUT2D eigenvalue weighted by Gasteiger charge is -2.32. The zero-order valence-electron chi connectivity index (χ0n) is 12.5. The summed E-state index contributed by atoms with van der Waals surface area (Å²) in [6, 6.07) is 8.44. The summed E-state index contributed by atoms with van der Waals surface area (Å²) in [4.78, 5) is 9.00. The number of likely N-dealkylation sites (N-methyl/N-ethyl adjacent to an activating group) is 1. The lowest BCUT2D eigenvalue weighted by atomic mass is 10.1. The number of nitrogens with zero attached hydrogens (tertiary/aromatic N) is 3. The summed E-state index contributed by atoms with van der Waals surface area (Å²) >= 11 is 0. The number of hydrogen-bond acceptors (Lipinski definition) is 6. The first-order chi connectivity index (χ1) is 10.8. The summed E-state index contributed by atoms with van der Waals surface area (Å²) in [6.45, 7) is 1.95. The van der Waals surface area contributed by atoms with Gasteiger partial charge >= 0.3 is 0 Å². The van der Waals surface area contributed by atoms with Crippen LogP contribution in [-0.2, 0) is 0 Å². The third kappa shape index (κ3) is 2.40. The van der Waals surface area contributed by atoms with Gasteiger partial charge in [0.15, 0.2) is 5.58 Å². The molecule has 1 aliphatic rings. The van der Waals surface area contributed by atoms with Gasteiger partial charge in [-0.1, -0.05) is 12.1 Å². The molecule has 4 rings (SSSR count). The maximum atomic E-state index is 5.76. The molecule has 1 aromatic carbocycles. The number of furan rings is 1. The Balaban J connectivity index is 1.63. The Morgan fingerprint density at radius 2 is 2.18 bits per heavy atom. The molecule has 2 N–H and O–H groups in total. The van der Waals surface area contributed by atoms with Gasteiger partial charge in [-0.05, 0) is 32.0 Å². The van der Waals surface area contributed by atoms with Crippen molar-refractivity contribution in [2.75, 3.05) is 25.6 Å². The van der Waals surface area contributed by atoms with Gasteiger partial charge < -0.3 is 9.73 Å². The number of benzene rings is 1. The zero-order valence-corrected chi connectivity index (χ0v) is 12.5. The van der Waals surface area contributed by atoms with Gasteiger partial charge in [0.05, 0.1) is 6.20 Å². The van der Waals surface area contributed by atoms with E-state index in [0.717, 1.165) is 41.6 Å². The number of anilines is 1. The highest BCUT2D eigenvalue weighted by atomic mass is 16.3. The molecule has 0 spiro atoms. The van der Waals surface area contributed by atoms with Crippen molar-refractivity contribution in [3.63, 3.8) is 0 Å². The van der Waals surface area contributed by atoms with Crippen molar-refractivity contribution in [2.24, 2.45) is 0 Å². The van der Waals surface area contributed by atoms with Crippen LogP contribution in [0, 0.1) is 0 Å². The molecule has 0 aliphatic carbocycles. The fraction of sp³-hybridized carbons (Fsp3) is 0.375. The monoisotopic (exact) mass is 297 g/mol. The number of piperidine rings is 1. The van der Waals surface area contributed by atoms with E-state index in [1.807, 2.05) is 31.3 Å². The fourth-order valence-corrected chi connectivity index (χ4v) is 3.02. The number of rotatable bonds is 3. The minimum Gasteiger partial charge on any atom is -0.453 e. The van der Waals surface area contributed by atoms with Crippen LogP contribution in [0.3, 0.4) is 0 Å². The first kappa shape index (κ1) is 13.5. The second-order valence-electron chi connectivity index (χ2n) is 5.69. The summed E-state index contributed by atoms with van der Waals surface area (Å²) in [5.74, 6) is 0.621. The van der Waals surface area contributed by atoms with E-state index in [0.29, 0.717) is 12.0 Å². The Hall–Kier alpha value is -2.18. The number of aromatic nitrogens is 2. The smallest absolute Gasteiger partial charge is 0.238 e. The summed E-state index contributed by atoms with van der Waals surface area (Å²) in [5.41, 5.74) is 5.74. The predicted octanol–water partition coefficient (Wildman–Crippen LogP) is 2.39. The van der Waals surface area contributed by atoms with E-state index < -0.39 is 0 Å². The standard InChI is InChI=1S/C16H19N5O/c1-17-11-5-4-8-21(10-11)20-16-18-9-14-15(19-16)12-6-2-3-7-13(12)22-14/h2-3,6-7,9,11,17H,4-5,8,10H2,1H3,(H,18,19,20). The van der Waals surface area contributed by atoms with Crippen LogP contribution in [0.5, 0.6) is 0 Å².